The molecule has 1 aromatic heterocycles. The lowest BCUT2D eigenvalue weighted by Gasteiger charge is -2.31. The molecule has 1 aromatic carbocycles. The number of amides is 1. The number of hydrogen-bond acceptors (Lipinski definition) is 6. The Morgan fingerprint density at radius 3 is 2.65 bits per heavy atom. The molecule has 0 saturated carbocycles. The molecule has 4 rings (SSSR count). The van der Waals surface area contributed by atoms with Crippen LogP contribution in [-0.4, -0.2) is 76.1 Å². The minimum Gasteiger partial charge on any atom is -0.364 e. The van der Waals surface area contributed by atoms with E-state index in [1.54, 1.807) is 29.0 Å². The van der Waals surface area contributed by atoms with Crippen LogP contribution in [0.2, 0.25) is 0 Å². The van der Waals surface area contributed by atoms with Crippen molar-refractivity contribution in [1.29, 1.82) is 0 Å². The standard InChI is InChI=1S/C20H25FN6O3S/c1-25-8-10-27(11-9-25)18(28)6-5-14-15(24-31(29,30)17-4-3-7-22-17)12-16-20(19(14)21)23-13-26(16)2/h3-7,12,22-24H,8-11,13H2,1-2H3. The first-order chi connectivity index (χ1) is 14.8. The van der Waals surface area contributed by atoms with Gasteiger partial charge in [0.1, 0.15) is 0 Å². The fourth-order valence-electron chi connectivity index (χ4n) is 3.62. The summed E-state index contributed by atoms with van der Waals surface area (Å²) in [6.45, 7) is 3.10. The molecule has 2 aliphatic heterocycles. The molecule has 31 heavy (non-hydrogen) atoms. The lowest BCUT2D eigenvalue weighted by Crippen LogP contribution is -2.46. The van der Waals surface area contributed by atoms with E-state index in [0.717, 1.165) is 13.1 Å². The van der Waals surface area contributed by atoms with Crippen LogP contribution in [0.1, 0.15) is 5.56 Å². The van der Waals surface area contributed by atoms with Crippen LogP contribution in [0.15, 0.2) is 35.5 Å². The van der Waals surface area contributed by atoms with Gasteiger partial charge in [0, 0.05) is 51.1 Å². The minimum atomic E-state index is -3.96. The number of fused-ring (bicyclic) bond motifs is 1. The van der Waals surface area contributed by atoms with E-state index in [2.05, 4.69) is 19.9 Å². The molecule has 0 aliphatic carbocycles. The monoisotopic (exact) mass is 448 g/mol. The van der Waals surface area contributed by atoms with Crippen molar-refractivity contribution in [3.8, 4) is 0 Å². The maximum Gasteiger partial charge on any atom is 0.277 e. The highest BCUT2D eigenvalue weighted by molar-refractivity contribution is 7.92. The number of aromatic amines is 1. The van der Waals surface area contributed by atoms with Gasteiger partial charge in [-0.3, -0.25) is 9.52 Å². The van der Waals surface area contributed by atoms with Crippen molar-refractivity contribution in [2.45, 2.75) is 5.03 Å². The minimum absolute atomic E-state index is 0.000779. The third-order valence-electron chi connectivity index (χ3n) is 5.50. The van der Waals surface area contributed by atoms with Crippen molar-refractivity contribution in [2.24, 2.45) is 0 Å². The van der Waals surface area contributed by atoms with Gasteiger partial charge in [-0.1, -0.05) is 0 Å². The second-order valence-corrected chi connectivity index (χ2v) is 9.33. The number of carbonyl (C=O) groups excluding carboxylic acids is 1. The summed E-state index contributed by atoms with van der Waals surface area (Å²) in [6, 6.07) is 4.54. The van der Waals surface area contributed by atoms with Crippen LogP contribution in [0, 0.1) is 5.82 Å². The summed E-state index contributed by atoms with van der Waals surface area (Å²) in [5.41, 5.74) is 0.865. The summed E-state index contributed by atoms with van der Waals surface area (Å²) in [5.74, 6) is -0.857. The van der Waals surface area contributed by atoms with Crippen molar-refractivity contribution in [3.05, 3.63) is 41.9 Å². The second-order valence-electron chi connectivity index (χ2n) is 7.68. The van der Waals surface area contributed by atoms with E-state index in [-0.39, 0.29) is 27.9 Å². The Kier molecular flexibility index (Phi) is 5.63. The van der Waals surface area contributed by atoms with Crippen LogP contribution >= 0.6 is 0 Å². The number of H-pyrrole nitrogens is 1. The van der Waals surface area contributed by atoms with E-state index in [1.165, 1.54) is 24.4 Å². The topological polar surface area (TPSA) is 101 Å². The predicted molar refractivity (Wildman–Crippen MR) is 118 cm³/mol. The molecule has 1 fully saturated rings. The van der Waals surface area contributed by atoms with E-state index in [0.29, 0.717) is 25.4 Å². The van der Waals surface area contributed by atoms with Crippen LogP contribution in [0.3, 0.4) is 0 Å². The van der Waals surface area contributed by atoms with E-state index in [4.69, 9.17) is 0 Å². The van der Waals surface area contributed by atoms with Crippen LogP contribution < -0.4 is 14.9 Å². The molecule has 0 bridgehead atoms. The number of halogens is 1. The predicted octanol–water partition coefficient (Wildman–Crippen LogP) is 1.56. The number of likely N-dealkylation sites (N-methyl/N-ethyl adjacent to an activating group) is 1. The average Bonchev–Trinajstić information content (AvgIpc) is 3.39. The Balaban J connectivity index is 1.68. The first kappa shape index (κ1) is 21.2. The molecular formula is C20H25FN6O3S. The Morgan fingerprint density at radius 2 is 1.97 bits per heavy atom. The summed E-state index contributed by atoms with van der Waals surface area (Å²) in [6.07, 6.45) is 4.12. The maximum absolute atomic E-state index is 15.4. The van der Waals surface area contributed by atoms with Crippen LogP contribution in [-0.2, 0) is 14.8 Å². The third kappa shape index (κ3) is 4.23. The zero-order valence-corrected chi connectivity index (χ0v) is 18.2. The number of anilines is 3. The van der Waals surface area contributed by atoms with Gasteiger partial charge in [-0.15, -0.1) is 0 Å². The highest BCUT2D eigenvalue weighted by atomic mass is 32.2. The number of hydrogen-bond donors (Lipinski definition) is 3. The number of rotatable bonds is 5. The molecule has 0 radical (unpaired) electrons. The summed E-state index contributed by atoms with van der Waals surface area (Å²) < 4.78 is 43.3. The van der Waals surface area contributed by atoms with Gasteiger partial charge < -0.3 is 25.0 Å². The van der Waals surface area contributed by atoms with Gasteiger partial charge in [0.25, 0.3) is 10.0 Å². The van der Waals surface area contributed by atoms with Crippen molar-refractivity contribution in [3.63, 3.8) is 0 Å². The first-order valence-electron chi connectivity index (χ1n) is 9.89. The number of aromatic nitrogens is 1. The molecular weight excluding hydrogens is 423 g/mol. The highest BCUT2D eigenvalue weighted by Crippen LogP contribution is 2.40. The molecule has 0 atom stereocenters. The zero-order chi connectivity index (χ0) is 22.2. The third-order valence-corrected chi connectivity index (χ3v) is 6.82. The van der Waals surface area contributed by atoms with Gasteiger partial charge in [-0.25, -0.2) is 4.39 Å². The number of nitrogens with one attached hydrogen (secondary N) is 3. The summed E-state index contributed by atoms with van der Waals surface area (Å²) >= 11 is 0. The molecule has 9 nitrogen and oxygen atoms in total. The molecule has 3 heterocycles. The Bertz CT molecular complexity index is 1110. The van der Waals surface area contributed by atoms with Gasteiger partial charge in [0.05, 0.1) is 23.7 Å². The van der Waals surface area contributed by atoms with Crippen molar-refractivity contribution < 1.29 is 17.6 Å². The smallest absolute Gasteiger partial charge is 0.277 e. The Labute approximate surface area is 180 Å². The number of carbonyl (C=O) groups is 1. The van der Waals surface area contributed by atoms with Crippen molar-refractivity contribution in [2.75, 3.05) is 61.9 Å². The quantitative estimate of drug-likeness (QED) is 0.601. The molecule has 1 saturated heterocycles. The summed E-state index contributed by atoms with van der Waals surface area (Å²) in [4.78, 5) is 20.8. The van der Waals surface area contributed by atoms with Gasteiger partial charge in [-0.05, 0) is 31.3 Å². The molecule has 0 spiro atoms. The molecule has 11 heteroatoms. The second kappa shape index (κ2) is 8.23. The van der Waals surface area contributed by atoms with Crippen LogP contribution in [0.5, 0.6) is 0 Å². The largest absolute Gasteiger partial charge is 0.364 e. The van der Waals surface area contributed by atoms with Crippen molar-refractivity contribution >= 4 is 39.1 Å². The van der Waals surface area contributed by atoms with Gasteiger partial charge >= 0.3 is 0 Å². The average molecular weight is 449 g/mol. The highest BCUT2D eigenvalue weighted by Gasteiger charge is 2.26. The van der Waals surface area contributed by atoms with E-state index in [1.807, 2.05) is 7.05 Å². The van der Waals surface area contributed by atoms with Crippen LogP contribution in [0.4, 0.5) is 21.5 Å². The molecule has 0 unspecified atom stereocenters. The van der Waals surface area contributed by atoms with E-state index >= 15 is 4.39 Å². The summed E-state index contributed by atoms with van der Waals surface area (Å²) in [5, 5.41) is 2.93. The number of nitrogens with zero attached hydrogens (tertiary/aromatic N) is 3. The molecule has 166 valence electrons. The lowest BCUT2D eigenvalue weighted by atomic mass is 10.1. The Hall–Kier alpha value is -3.05. The number of sulfonamides is 1. The zero-order valence-electron chi connectivity index (χ0n) is 17.4. The lowest BCUT2D eigenvalue weighted by molar-refractivity contribution is -0.127. The molecule has 3 N–H and O–H groups in total. The number of piperazine rings is 1. The normalized spacial score (nSPS) is 17.1. The fourth-order valence-corrected chi connectivity index (χ4v) is 4.67. The van der Waals surface area contributed by atoms with Crippen molar-refractivity contribution in [1.82, 2.24) is 14.8 Å². The van der Waals surface area contributed by atoms with Gasteiger partial charge in [-0.2, -0.15) is 8.42 Å². The van der Waals surface area contributed by atoms with E-state index < -0.39 is 15.8 Å². The number of benzene rings is 1. The molecule has 1 amide bonds. The van der Waals surface area contributed by atoms with E-state index in [9.17, 15) is 13.2 Å². The van der Waals surface area contributed by atoms with Gasteiger partial charge in [0.2, 0.25) is 5.91 Å². The Morgan fingerprint density at radius 1 is 1.23 bits per heavy atom. The molecule has 2 aliphatic rings. The maximum atomic E-state index is 15.4. The first-order valence-corrected chi connectivity index (χ1v) is 11.4. The molecule has 2 aromatic rings. The van der Waals surface area contributed by atoms with Gasteiger partial charge in [0.15, 0.2) is 10.8 Å². The fraction of sp³-hybridized carbons (Fsp3) is 0.350. The van der Waals surface area contributed by atoms with Crippen LogP contribution in [0.25, 0.3) is 6.08 Å². The summed E-state index contributed by atoms with van der Waals surface area (Å²) in [7, 11) is -0.193. The SMILES string of the molecule is CN1CCN(C(=O)C=Cc2c(NS(=O)(=O)c3ccc[nH]3)cc3c(c2F)NCN3C)CC1.